The van der Waals surface area contributed by atoms with Gasteiger partial charge in [-0.1, -0.05) is 66.2 Å². The molecule has 2 rings (SSSR count). The minimum Gasteiger partial charge on any atom is -0.491 e. The summed E-state index contributed by atoms with van der Waals surface area (Å²) in [7, 11) is 0. The summed E-state index contributed by atoms with van der Waals surface area (Å²) >= 11 is 7.42. The van der Waals surface area contributed by atoms with Gasteiger partial charge < -0.3 is 9.47 Å². The molecule has 0 N–H and O–H groups in total. The summed E-state index contributed by atoms with van der Waals surface area (Å²) in [6.07, 6.45) is 9.76. The number of hydrogen-bond acceptors (Lipinski definition) is 2. The number of ether oxygens (including phenoxy) is 2. The predicted molar refractivity (Wildman–Crippen MR) is 137 cm³/mol. The summed E-state index contributed by atoms with van der Waals surface area (Å²) in [5.74, 6) is 3.06. The third-order valence-electron chi connectivity index (χ3n) is 6.02. The lowest BCUT2D eigenvalue weighted by atomic mass is 10.0. The van der Waals surface area contributed by atoms with Crippen molar-refractivity contribution in [2.24, 2.45) is 11.8 Å². The van der Waals surface area contributed by atoms with Crippen molar-refractivity contribution < 1.29 is 9.47 Å². The topological polar surface area (TPSA) is 18.5 Å². The maximum absolute atomic E-state index is 6.38. The molecule has 0 aliphatic rings. The molecular weight excluding hydrogens is 504 g/mol. The number of benzene rings is 2. The highest BCUT2D eigenvalue weighted by Crippen LogP contribution is 2.41. The van der Waals surface area contributed by atoms with Gasteiger partial charge in [0.05, 0.1) is 22.2 Å². The molecular formula is C26H38Br2O2. The minimum atomic E-state index is 0.599. The second-order valence-corrected chi connectivity index (χ2v) is 10.0. The Kier molecular flexibility index (Phi) is 11.6. The second-order valence-electron chi connectivity index (χ2n) is 8.30. The summed E-state index contributed by atoms with van der Waals surface area (Å²) in [6, 6.07) is 8.43. The van der Waals surface area contributed by atoms with Crippen LogP contribution >= 0.6 is 31.9 Å². The fourth-order valence-electron chi connectivity index (χ4n) is 3.79. The van der Waals surface area contributed by atoms with E-state index >= 15 is 0 Å². The van der Waals surface area contributed by atoms with Gasteiger partial charge in [0.2, 0.25) is 0 Å². The average molecular weight is 542 g/mol. The van der Waals surface area contributed by atoms with E-state index in [0.717, 1.165) is 57.3 Å². The van der Waals surface area contributed by atoms with E-state index in [1.807, 2.05) is 0 Å². The van der Waals surface area contributed by atoms with Gasteiger partial charge in [-0.2, -0.15) is 0 Å². The Bertz CT molecular complexity index is 710. The first kappa shape index (κ1) is 25.5. The number of halogens is 2. The van der Waals surface area contributed by atoms with Crippen LogP contribution in [-0.2, 0) is 0 Å². The molecule has 0 heterocycles. The van der Waals surface area contributed by atoms with Crippen molar-refractivity contribution in [1.82, 2.24) is 0 Å². The zero-order valence-corrected chi connectivity index (χ0v) is 22.3. The summed E-state index contributed by atoms with van der Waals surface area (Å²) in [5, 5.41) is 2.21. The number of rotatable bonds is 14. The van der Waals surface area contributed by atoms with Crippen molar-refractivity contribution in [2.75, 3.05) is 13.2 Å². The van der Waals surface area contributed by atoms with Gasteiger partial charge in [0.25, 0.3) is 0 Å². The monoisotopic (exact) mass is 540 g/mol. The predicted octanol–water partition coefficient (Wildman–Crippen LogP) is 9.56. The third kappa shape index (κ3) is 7.15. The van der Waals surface area contributed by atoms with Gasteiger partial charge in [0.1, 0.15) is 11.5 Å². The van der Waals surface area contributed by atoms with E-state index in [0.29, 0.717) is 11.8 Å². The van der Waals surface area contributed by atoms with E-state index in [1.165, 1.54) is 38.5 Å². The third-order valence-corrected chi connectivity index (χ3v) is 7.27. The largest absolute Gasteiger partial charge is 0.491 e. The fourth-order valence-corrected chi connectivity index (χ4v) is 4.71. The Labute approximate surface area is 200 Å². The Morgan fingerprint density at radius 3 is 1.40 bits per heavy atom. The van der Waals surface area contributed by atoms with E-state index in [-0.39, 0.29) is 0 Å². The quantitative estimate of drug-likeness (QED) is 0.237. The molecule has 0 amide bonds. The van der Waals surface area contributed by atoms with Crippen molar-refractivity contribution in [3.05, 3.63) is 33.2 Å². The van der Waals surface area contributed by atoms with Crippen LogP contribution < -0.4 is 9.47 Å². The zero-order chi connectivity index (χ0) is 21.9. The van der Waals surface area contributed by atoms with Crippen LogP contribution in [0.3, 0.4) is 0 Å². The molecule has 0 spiro atoms. The first-order chi connectivity index (χ1) is 14.5. The standard InChI is InChI=1S/C26H38Br2O2/c1-5-9-11-19(7-3)17-29-25-21-13-16-24(28)26(22(21)14-15-23(25)27)30-18-20(8-4)12-10-6-2/h13-16,19-20H,5-12,17-18H2,1-4H3. The van der Waals surface area contributed by atoms with E-state index in [1.54, 1.807) is 0 Å². The van der Waals surface area contributed by atoms with E-state index in [2.05, 4.69) is 83.8 Å². The van der Waals surface area contributed by atoms with Crippen molar-refractivity contribution >= 4 is 42.6 Å². The molecule has 0 saturated carbocycles. The number of fused-ring (bicyclic) bond motifs is 1. The SMILES string of the molecule is CCCCC(CC)COc1c(Br)ccc2c(OCC(CC)CCCC)c(Br)ccc12. The van der Waals surface area contributed by atoms with Gasteiger partial charge >= 0.3 is 0 Å². The highest BCUT2D eigenvalue weighted by atomic mass is 79.9. The lowest BCUT2D eigenvalue weighted by Gasteiger charge is -2.20. The lowest BCUT2D eigenvalue weighted by Crippen LogP contribution is -2.12. The van der Waals surface area contributed by atoms with Gasteiger partial charge in [-0.25, -0.2) is 0 Å². The van der Waals surface area contributed by atoms with Gasteiger partial charge in [0.15, 0.2) is 0 Å². The zero-order valence-electron chi connectivity index (χ0n) is 19.1. The molecule has 2 aromatic rings. The van der Waals surface area contributed by atoms with Crippen molar-refractivity contribution in [3.63, 3.8) is 0 Å². The Balaban J connectivity index is 2.24. The van der Waals surface area contributed by atoms with Crippen molar-refractivity contribution in [1.29, 1.82) is 0 Å². The maximum atomic E-state index is 6.38. The molecule has 2 nitrogen and oxygen atoms in total. The molecule has 168 valence electrons. The smallest absolute Gasteiger partial charge is 0.141 e. The molecule has 2 atom stereocenters. The molecule has 0 radical (unpaired) electrons. The summed E-state index contributed by atoms with van der Waals surface area (Å²) in [4.78, 5) is 0. The molecule has 0 bridgehead atoms. The summed E-state index contributed by atoms with van der Waals surface area (Å²) in [6.45, 7) is 10.5. The Hall–Kier alpha value is -0.740. The highest BCUT2D eigenvalue weighted by Gasteiger charge is 2.17. The molecule has 0 aromatic heterocycles. The van der Waals surface area contributed by atoms with Crippen LogP contribution in [0.25, 0.3) is 10.8 Å². The Morgan fingerprint density at radius 1 is 0.667 bits per heavy atom. The van der Waals surface area contributed by atoms with Crippen LogP contribution in [0.2, 0.25) is 0 Å². The Morgan fingerprint density at radius 2 is 1.07 bits per heavy atom. The van der Waals surface area contributed by atoms with Crippen LogP contribution in [0, 0.1) is 11.8 Å². The van der Waals surface area contributed by atoms with Gasteiger partial charge in [-0.3, -0.25) is 0 Å². The normalized spacial score (nSPS) is 13.4. The molecule has 0 aliphatic carbocycles. The van der Waals surface area contributed by atoms with Gasteiger partial charge in [-0.15, -0.1) is 0 Å². The van der Waals surface area contributed by atoms with Gasteiger partial charge in [0, 0.05) is 10.8 Å². The molecule has 30 heavy (non-hydrogen) atoms. The van der Waals surface area contributed by atoms with Crippen LogP contribution in [0.1, 0.15) is 79.1 Å². The van der Waals surface area contributed by atoms with Crippen molar-refractivity contribution in [3.8, 4) is 11.5 Å². The van der Waals surface area contributed by atoms with E-state index in [4.69, 9.17) is 9.47 Å². The summed E-state index contributed by atoms with van der Waals surface area (Å²) in [5.41, 5.74) is 0. The van der Waals surface area contributed by atoms with E-state index in [9.17, 15) is 0 Å². The van der Waals surface area contributed by atoms with Gasteiger partial charge in [-0.05, 0) is 80.8 Å². The lowest BCUT2D eigenvalue weighted by molar-refractivity contribution is 0.232. The minimum absolute atomic E-state index is 0.599. The highest BCUT2D eigenvalue weighted by molar-refractivity contribution is 9.11. The fraction of sp³-hybridized carbons (Fsp3) is 0.615. The van der Waals surface area contributed by atoms with Crippen LogP contribution in [-0.4, -0.2) is 13.2 Å². The first-order valence-electron chi connectivity index (χ1n) is 11.7. The maximum Gasteiger partial charge on any atom is 0.141 e. The number of unbranched alkanes of at least 4 members (excludes halogenated alkanes) is 2. The van der Waals surface area contributed by atoms with Crippen LogP contribution in [0.4, 0.5) is 0 Å². The molecule has 0 saturated heterocycles. The molecule has 4 heteroatoms. The molecule has 2 unspecified atom stereocenters. The molecule has 0 aliphatic heterocycles. The van der Waals surface area contributed by atoms with E-state index < -0.39 is 0 Å². The first-order valence-corrected chi connectivity index (χ1v) is 13.3. The average Bonchev–Trinajstić information content (AvgIpc) is 2.76. The molecule has 0 fully saturated rings. The van der Waals surface area contributed by atoms with Crippen LogP contribution in [0.5, 0.6) is 11.5 Å². The van der Waals surface area contributed by atoms with Crippen LogP contribution in [0.15, 0.2) is 33.2 Å². The number of hydrogen-bond donors (Lipinski definition) is 0. The summed E-state index contributed by atoms with van der Waals surface area (Å²) < 4.78 is 14.8. The van der Waals surface area contributed by atoms with Crippen molar-refractivity contribution in [2.45, 2.75) is 79.1 Å². The second kappa shape index (κ2) is 13.6. The molecule has 2 aromatic carbocycles.